The Balaban J connectivity index is 1.78. The van der Waals surface area contributed by atoms with Gasteiger partial charge in [0.25, 0.3) is 0 Å². The largest absolute Gasteiger partial charge is 0.456 e. The van der Waals surface area contributed by atoms with Crippen LogP contribution in [0.5, 0.6) is 0 Å². The van der Waals surface area contributed by atoms with Crippen LogP contribution < -0.4 is 5.32 Å². The van der Waals surface area contributed by atoms with Gasteiger partial charge in [0.2, 0.25) is 0 Å². The van der Waals surface area contributed by atoms with Crippen molar-refractivity contribution in [1.29, 1.82) is 0 Å². The van der Waals surface area contributed by atoms with Gasteiger partial charge in [-0.05, 0) is 108 Å². The van der Waals surface area contributed by atoms with Gasteiger partial charge in [-0.3, -0.25) is 9.59 Å². The first kappa shape index (κ1) is 38.0. The summed E-state index contributed by atoms with van der Waals surface area (Å²) < 4.78 is 17.3. The van der Waals surface area contributed by atoms with Crippen molar-refractivity contribution in [2.45, 2.75) is 150 Å². The van der Waals surface area contributed by atoms with Crippen molar-refractivity contribution in [3.8, 4) is 0 Å². The number of ketones is 1. The molecule has 0 radical (unpaired) electrons. The van der Waals surface area contributed by atoms with Crippen molar-refractivity contribution in [1.82, 2.24) is 5.32 Å². The Morgan fingerprint density at radius 2 is 1.73 bits per heavy atom. The maximum absolute atomic E-state index is 14.9. The van der Waals surface area contributed by atoms with E-state index in [1.54, 1.807) is 61.5 Å². The fourth-order valence-electron chi connectivity index (χ4n) is 9.42. The Bertz CT molecular complexity index is 1370. The molecule has 0 aromatic heterocycles. The average Bonchev–Trinajstić information content (AvgIpc) is 2.96. The van der Waals surface area contributed by atoms with Gasteiger partial charge in [-0.25, -0.2) is 9.59 Å². The van der Waals surface area contributed by atoms with Crippen LogP contribution in [0.2, 0.25) is 0 Å². The number of rotatable bonds is 7. The summed E-state index contributed by atoms with van der Waals surface area (Å²) in [6, 6.07) is -1.15. The monoisotopic (exact) mass is 675 g/mol. The molecule has 11 nitrogen and oxygen atoms in total. The number of aliphatic hydroxyl groups is 3. The maximum Gasteiger partial charge on any atom is 0.408 e. The summed E-state index contributed by atoms with van der Waals surface area (Å²) in [7, 11) is 0. The number of Topliss-reactive ketones (excluding diaryl/α,β-unsaturated/α-hetero) is 1. The maximum atomic E-state index is 14.9. The molecule has 8 unspecified atom stereocenters. The Hall–Kier alpha value is -2.76. The molecule has 0 saturated heterocycles. The van der Waals surface area contributed by atoms with E-state index in [0.717, 1.165) is 12.0 Å². The van der Waals surface area contributed by atoms with Gasteiger partial charge in [0.1, 0.15) is 11.7 Å². The minimum absolute atomic E-state index is 0.0199. The third-order valence-electron chi connectivity index (χ3n) is 11.7. The summed E-state index contributed by atoms with van der Waals surface area (Å²) in [5.41, 5.74) is -2.35. The highest BCUT2D eigenvalue weighted by Crippen LogP contribution is 2.66. The zero-order valence-corrected chi connectivity index (χ0v) is 30.5. The lowest BCUT2D eigenvalue weighted by Crippen LogP contribution is -2.72. The molecule has 3 fully saturated rings. The molecule has 270 valence electrons. The molecule has 0 aromatic carbocycles. The second kappa shape index (κ2) is 13.2. The lowest BCUT2D eigenvalue weighted by molar-refractivity contribution is -0.255. The number of nitrogens with one attached hydrogen (secondary N) is 1. The Labute approximate surface area is 284 Å². The topological polar surface area (TPSA) is 169 Å². The Morgan fingerprint density at radius 1 is 1.10 bits per heavy atom. The number of esters is 2. The number of carbonyl (C=O) groups excluding carboxylic acids is 4. The van der Waals surface area contributed by atoms with E-state index in [4.69, 9.17) is 14.2 Å². The third kappa shape index (κ3) is 6.59. The summed E-state index contributed by atoms with van der Waals surface area (Å²) >= 11 is 0. The van der Waals surface area contributed by atoms with Crippen LogP contribution >= 0.6 is 0 Å². The molecular weight excluding hydrogens is 618 g/mol. The molecule has 0 aliphatic heterocycles. The van der Waals surface area contributed by atoms with Crippen molar-refractivity contribution in [2.24, 2.45) is 34.5 Å². The van der Waals surface area contributed by atoms with E-state index in [1.165, 1.54) is 0 Å². The average molecular weight is 676 g/mol. The molecule has 1 amide bonds. The number of hydrogen-bond acceptors (Lipinski definition) is 10. The molecule has 4 aliphatic carbocycles. The Kier molecular flexibility index (Phi) is 10.4. The van der Waals surface area contributed by atoms with Gasteiger partial charge in [-0.2, -0.15) is 0 Å². The molecule has 0 aromatic rings. The highest BCUT2D eigenvalue weighted by atomic mass is 16.6. The van der Waals surface area contributed by atoms with Crippen molar-refractivity contribution >= 4 is 23.8 Å². The number of hydrogen-bond donors (Lipinski definition) is 4. The minimum atomic E-state index is -1.79. The van der Waals surface area contributed by atoms with E-state index in [1.807, 2.05) is 20.8 Å². The first-order valence-electron chi connectivity index (χ1n) is 17.4. The van der Waals surface area contributed by atoms with E-state index in [0.29, 0.717) is 24.0 Å². The molecule has 4 rings (SSSR count). The van der Waals surface area contributed by atoms with Gasteiger partial charge in [-0.1, -0.05) is 39.3 Å². The van der Waals surface area contributed by atoms with Gasteiger partial charge >= 0.3 is 18.0 Å². The highest BCUT2D eigenvalue weighted by molar-refractivity contribution is 5.95. The van der Waals surface area contributed by atoms with Crippen LogP contribution in [0.3, 0.4) is 0 Å². The molecule has 11 atom stereocenters. The normalized spacial score (nSPS) is 36.9. The zero-order valence-electron chi connectivity index (χ0n) is 30.5. The molecule has 48 heavy (non-hydrogen) atoms. The molecular formula is C37H57NO10. The van der Waals surface area contributed by atoms with Crippen molar-refractivity contribution < 1.29 is 48.7 Å². The van der Waals surface area contributed by atoms with Crippen LogP contribution in [0.15, 0.2) is 22.8 Å². The van der Waals surface area contributed by atoms with Gasteiger partial charge in [-0.15, -0.1) is 0 Å². The van der Waals surface area contributed by atoms with E-state index in [2.05, 4.69) is 5.32 Å². The van der Waals surface area contributed by atoms with E-state index >= 15 is 0 Å². The SMILES string of the molecule is CCC(=O)OC1C(=O)[C@]2(C)C(O)C[C@H]3CCC3(O)C2[C@H](C)C2CC(OC(=O)C(O)C(C=C(C)C)NC(=O)OC(C)(C)C)C(C)=C1C2(C)C. The molecule has 4 N–H and O–H groups in total. The third-order valence-corrected chi connectivity index (χ3v) is 11.7. The number of carbonyl (C=O) groups is 4. The lowest BCUT2D eigenvalue weighted by atomic mass is 9.40. The lowest BCUT2D eigenvalue weighted by Gasteiger charge is -2.66. The van der Waals surface area contributed by atoms with E-state index in [-0.39, 0.29) is 30.6 Å². The van der Waals surface area contributed by atoms with E-state index in [9.17, 15) is 34.5 Å². The molecule has 2 bridgehead atoms. The smallest absolute Gasteiger partial charge is 0.408 e. The van der Waals surface area contributed by atoms with Crippen LogP contribution in [0, 0.1) is 34.5 Å². The van der Waals surface area contributed by atoms with Crippen LogP contribution in [-0.4, -0.2) is 80.8 Å². The van der Waals surface area contributed by atoms with Crippen LogP contribution in [0.25, 0.3) is 0 Å². The highest BCUT2D eigenvalue weighted by Gasteiger charge is 2.70. The van der Waals surface area contributed by atoms with Gasteiger partial charge in [0, 0.05) is 12.3 Å². The molecule has 0 spiro atoms. The molecule has 3 saturated carbocycles. The summed E-state index contributed by atoms with van der Waals surface area (Å²) in [6.07, 6.45) is -2.52. The van der Waals surface area contributed by atoms with Crippen molar-refractivity contribution in [3.63, 3.8) is 0 Å². The van der Waals surface area contributed by atoms with Gasteiger partial charge in [0.15, 0.2) is 18.0 Å². The number of fused-ring (bicyclic) bond motifs is 5. The second-order valence-corrected chi connectivity index (χ2v) is 16.6. The summed E-state index contributed by atoms with van der Waals surface area (Å²) in [6.45, 7) is 19.7. The number of amides is 1. The first-order chi connectivity index (χ1) is 22.0. The Morgan fingerprint density at radius 3 is 2.25 bits per heavy atom. The summed E-state index contributed by atoms with van der Waals surface area (Å²) in [5, 5.41) is 37.6. The zero-order chi connectivity index (χ0) is 36.3. The van der Waals surface area contributed by atoms with Crippen LogP contribution in [0.1, 0.15) is 108 Å². The number of ether oxygens (including phenoxy) is 3. The van der Waals surface area contributed by atoms with Crippen molar-refractivity contribution in [2.75, 3.05) is 0 Å². The molecule has 11 heteroatoms. The fraction of sp³-hybridized carbons (Fsp3) is 0.784. The summed E-state index contributed by atoms with van der Waals surface area (Å²) in [4.78, 5) is 54.0. The number of allylic oxidation sites excluding steroid dienone is 1. The summed E-state index contributed by atoms with van der Waals surface area (Å²) in [5.74, 6) is -3.44. The molecule has 0 heterocycles. The quantitative estimate of drug-likeness (QED) is 0.171. The second-order valence-electron chi connectivity index (χ2n) is 16.6. The molecule has 4 aliphatic rings. The minimum Gasteiger partial charge on any atom is -0.456 e. The van der Waals surface area contributed by atoms with Crippen LogP contribution in [-0.2, 0) is 28.6 Å². The first-order valence-corrected chi connectivity index (χ1v) is 17.4. The van der Waals surface area contributed by atoms with E-state index < -0.39 is 82.2 Å². The predicted molar refractivity (Wildman–Crippen MR) is 177 cm³/mol. The standard InChI is InChI=1S/C37H57NO10/c1-12-26(40)47-29-27-20(5)24(46-32(43)28(41)23(15-18(2)3)38-33(44)48-34(6,7)8)17-22(35(27,9)10)19(4)30-36(11,31(29)42)25(39)16-21-13-14-37(21,30)45/h15,19,21-25,28-30,39,41,45H,12-14,16-17H2,1-11H3,(H,38,44)/t19-,21-,22?,23?,24?,25?,28?,29?,30?,36-,37?/m1/s1. The van der Waals surface area contributed by atoms with Crippen molar-refractivity contribution in [3.05, 3.63) is 22.8 Å². The van der Waals surface area contributed by atoms with Gasteiger partial charge < -0.3 is 34.8 Å². The van der Waals surface area contributed by atoms with Crippen LogP contribution in [0.4, 0.5) is 4.79 Å². The number of alkyl carbamates (subject to hydrolysis) is 1. The number of aliphatic hydroxyl groups excluding tert-OH is 2. The van der Waals surface area contributed by atoms with Gasteiger partial charge in [0.05, 0.1) is 23.2 Å². The fourth-order valence-corrected chi connectivity index (χ4v) is 9.42. The predicted octanol–water partition coefficient (Wildman–Crippen LogP) is 4.55.